The van der Waals surface area contributed by atoms with Gasteiger partial charge in [0.2, 0.25) is 0 Å². The van der Waals surface area contributed by atoms with Crippen molar-refractivity contribution in [2.24, 2.45) is 0 Å². The molecule has 0 aliphatic carbocycles. The predicted octanol–water partition coefficient (Wildman–Crippen LogP) is 4.52. The molecule has 29 heavy (non-hydrogen) atoms. The standard InChI is InChI=1S/C24H46O5/c1-2-3-4-5-6-7-8-9-10-11-12-13-14-15-16-17-18-28-24-21(26)20-29-22(19-25)23(24)27/h16-17,21-27H,2-15,18-20H2,1H3/b17-16+/t21-,22+,23+,24+/m1/s1. The summed E-state index contributed by atoms with van der Waals surface area (Å²) < 4.78 is 10.8. The highest BCUT2D eigenvalue weighted by Gasteiger charge is 2.38. The third-order valence-corrected chi connectivity index (χ3v) is 5.78. The molecule has 1 fully saturated rings. The van der Waals surface area contributed by atoms with Crippen molar-refractivity contribution in [2.75, 3.05) is 19.8 Å². The maximum absolute atomic E-state index is 10.0. The molecule has 172 valence electrons. The average molecular weight is 415 g/mol. The number of ether oxygens (including phenoxy) is 2. The fourth-order valence-corrected chi connectivity index (χ4v) is 3.86. The molecule has 3 N–H and O–H groups in total. The molecule has 5 heteroatoms. The molecule has 0 aromatic rings. The predicted molar refractivity (Wildman–Crippen MR) is 118 cm³/mol. The Morgan fingerprint density at radius 1 is 0.828 bits per heavy atom. The maximum Gasteiger partial charge on any atom is 0.114 e. The lowest BCUT2D eigenvalue weighted by Crippen LogP contribution is -2.55. The van der Waals surface area contributed by atoms with Crippen LogP contribution in [0.3, 0.4) is 0 Å². The third-order valence-electron chi connectivity index (χ3n) is 5.78. The molecule has 0 amide bonds. The van der Waals surface area contributed by atoms with Gasteiger partial charge < -0.3 is 24.8 Å². The quantitative estimate of drug-likeness (QED) is 0.227. The third kappa shape index (κ3) is 12.7. The fraction of sp³-hybridized carbons (Fsp3) is 0.917. The molecule has 5 nitrogen and oxygen atoms in total. The summed E-state index contributed by atoms with van der Waals surface area (Å²) >= 11 is 0. The maximum atomic E-state index is 10.0. The topological polar surface area (TPSA) is 79.2 Å². The Kier molecular flexibility index (Phi) is 16.8. The summed E-state index contributed by atoms with van der Waals surface area (Å²) in [5.41, 5.74) is 0. The van der Waals surface area contributed by atoms with Crippen molar-refractivity contribution in [3.63, 3.8) is 0 Å². The van der Waals surface area contributed by atoms with E-state index in [1.165, 1.54) is 83.5 Å². The van der Waals surface area contributed by atoms with Crippen molar-refractivity contribution >= 4 is 0 Å². The van der Waals surface area contributed by atoms with Crippen LogP contribution in [-0.2, 0) is 9.47 Å². The zero-order valence-corrected chi connectivity index (χ0v) is 18.6. The van der Waals surface area contributed by atoms with Crippen LogP contribution in [0.5, 0.6) is 0 Å². The van der Waals surface area contributed by atoms with E-state index < -0.39 is 24.4 Å². The first-order valence-electron chi connectivity index (χ1n) is 12.1. The number of aliphatic hydroxyl groups excluding tert-OH is 3. The normalized spacial score (nSPS) is 25.1. The van der Waals surface area contributed by atoms with E-state index in [0.717, 1.165) is 6.42 Å². The molecular formula is C24H46O5. The lowest BCUT2D eigenvalue weighted by Gasteiger charge is -2.36. The van der Waals surface area contributed by atoms with Gasteiger partial charge in [-0.3, -0.25) is 0 Å². The van der Waals surface area contributed by atoms with Crippen molar-refractivity contribution < 1.29 is 24.8 Å². The second-order valence-corrected chi connectivity index (χ2v) is 8.41. The van der Waals surface area contributed by atoms with Gasteiger partial charge in [0.05, 0.1) is 19.8 Å². The second-order valence-electron chi connectivity index (χ2n) is 8.41. The molecule has 0 unspecified atom stereocenters. The summed E-state index contributed by atoms with van der Waals surface area (Å²) in [6.45, 7) is 2.43. The first-order chi connectivity index (χ1) is 14.2. The minimum Gasteiger partial charge on any atom is -0.394 e. The van der Waals surface area contributed by atoms with Gasteiger partial charge in [0.25, 0.3) is 0 Å². The van der Waals surface area contributed by atoms with Gasteiger partial charge in [-0.05, 0) is 12.8 Å². The Bertz CT molecular complexity index is 387. The molecule has 1 heterocycles. The molecule has 0 radical (unpaired) electrons. The summed E-state index contributed by atoms with van der Waals surface area (Å²) in [5, 5.41) is 29.1. The Morgan fingerprint density at radius 3 is 1.93 bits per heavy atom. The van der Waals surface area contributed by atoms with Crippen LogP contribution in [-0.4, -0.2) is 59.6 Å². The molecular weight excluding hydrogens is 368 g/mol. The van der Waals surface area contributed by atoms with Crippen molar-refractivity contribution in [3.8, 4) is 0 Å². The monoisotopic (exact) mass is 414 g/mol. The zero-order chi connectivity index (χ0) is 21.2. The molecule has 1 aliphatic heterocycles. The molecule has 1 saturated heterocycles. The zero-order valence-electron chi connectivity index (χ0n) is 18.6. The van der Waals surface area contributed by atoms with Crippen LogP contribution in [0.2, 0.25) is 0 Å². The first-order valence-corrected chi connectivity index (χ1v) is 12.1. The number of hydrogen-bond acceptors (Lipinski definition) is 5. The van der Waals surface area contributed by atoms with Crippen LogP contribution >= 0.6 is 0 Å². The van der Waals surface area contributed by atoms with Gasteiger partial charge in [0.1, 0.15) is 24.4 Å². The van der Waals surface area contributed by atoms with E-state index in [-0.39, 0.29) is 13.2 Å². The van der Waals surface area contributed by atoms with E-state index in [0.29, 0.717) is 6.61 Å². The van der Waals surface area contributed by atoms with Crippen molar-refractivity contribution in [1.29, 1.82) is 0 Å². The Balaban J connectivity index is 1.88. The molecule has 0 aromatic heterocycles. The molecule has 1 rings (SSSR count). The first kappa shape index (κ1) is 26.6. The number of unbranched alkanes of at least 4 members (excludes halogenated alkanes) is 13. The Hall–Kier alpha value is -0.460. The molecule has 0 spiro atoms. The number of aliphatic hydroxyl groups is 3. The highest BCUT2D eigenvalue weighted by atomic mass is 16.6. The van der Waals surface area contributed by atoms with Crippen LogP contribution in [0.25, 0.3) is 0 Å². The minimum absolute atomic E-state index is 0.0790. The van der Waals surface area contributed by atoms with Crippen molar-refractivity contribution in [1.82, 2.24) is 0 Å². The minimum atomic E-state index is -1.00. The molecule has 4 atom stereocenters. The van der Waals surface area contributed by atoms with Gasteiger partial charge in [0, 0.05) is 0 Å². The largest absolute Gasteiger partial charge is 0.394 e. The lowest BCUT2D eigenvalue weighted by molar-refractivity contribution is -0.207. The highest BCUT2D eigenvalue weighted by molar-refractivity contribution is 4.89. The van der Waals surface area contributed by atoms with E-state index in [2.05, 4.69) is 13.0 Å². The van der Waals surface area contributed by atoms with E-state index in [4.69, 9.17) is 14.6 Å². The van der Waals surface area contributed by atoms with Gasteiger partial charge in [-0.25, -0.2) is 0 Å². The van der Waals surface area contributed by atoms with E-state index >= 15 is 0 Å². The average Bonchev–Trinajstić information content (AvgIpc) is 2.72. The summed E-state index contributed by atoms with van der Waals surface area (Å²) in [4.78, 5) is 0. The van der Waals surface area contributed by atoms with Crippen LogP contribution in [0.4, 0.5) is 0 Å². The number of hydrogen-bond donors (Lipinski definition) is 3. The summed E-state index contributed by atoms with van der Waals surface area (Å²) in [5.74, 6) is 0. The molecule has 0 bridgehead atoms. The van der Waals surface area contributed by atoms with Crippen molar-refractivity contribution in [3.05, 3.63) is 12.2 Å². The molecule has 0 saturated carbocycles. The molecule has 0 aromatic carbocycles. The van der Waals surface area contributed by atoms with E-state index in [1.807, 2.05) is 6.08 Å². The smallest absolute Gasteiger partial charge is 0.114 e. The van der Waals surface area contributed by atoms with Crippen LogP contribution in [0, 0.1) is 0 Å². The van der Waals surface area contributed by atoms with Crippen LogP contribution in [0.15, 0.2) is 12.2 Å². The highest BCUT2D eigenvalue weighted by Crippen LogP contribution is 2.18. The van der Waals surface area contributed by atoms with Crippen molar-refractivity contribution in [2.45, 2.75) is 121 Å². The van der Waals surface area contributed by atoms with Gasteiger partial charge in [-0.2, -0.15) is 0 Å². The van der Waals surface area contributed by atoms with Gasteiger partial charge in [-0.1, -0.05) is 96.1 Å². The van der Waals surface area contributed by atoms with Gasteiger partial charge in [0.15, 0.2) is 0 Å². The van der Waals surface area contributed by atoms with Gasteiger partial charge in [-0.15, -0.1) is 0 Å². The Morgan fingerprint density at radius 2 is 1.38 bits per heavy atom. The SMILES string of the molecule is CCCCCCCCCCCCCCC/C=C/CO[C@@H]1[C@@H](O)[C@H](CO)OC[C@H]1O. The van der Waals surface area contributed by atoms with Gasteiger partial charge >= 0.3 is 0 Å². The fourth-order valence-electron chi connectivity index (χ4n) is 3.86. The summed E-state index contributed by atoms with van der Waals surface area (Å²) in [6, 6.07) is 0. The Labute approximate surface area is 178 Å². The second kappa shape index (κ2) is 18.3. The number of rotatable bonds is 18. The van der Waals surface area contributed by atoms with E-state index in [9.17, 15) is 10.2 Å². The number of allylic oxidation sites excluding steroid dienone is 1. The molecule has 1 aliphatic rings. The summed E-state index contributed by atoms with van der Waals surface area (Å²) in [6.07, 6.45) is 19.6. The van der Waals surface area contributed by atoms with Crippen LogP contribution in [0.1, 0.15) is 96.8 Å². The lowest BCUT2D eigenvalue weighted by atomic mass is 10.0. The summed E-state index contributed by atoms with van der Waals surface area (Å²) in [7, 11) is 0. The van der Waals surface area contributed by atoms with Crippen LogP contribution < -0.4 is 0 Å². The van der Waals surface area contributed by atoms with E-state index in [1.54, 1.807) is 0 Å².